The van der Waals surface area contributed by atoms with Crippen LogP contribution in [0.3, 0.4) is 0 Å². The van der Waals surface area contributed by atoms with E-state index in [2.05, 4.69) is 20.1 Å². The Morgan fingerprint density at radius 2 is 1.93 bits per heavy atom. The summed E-state index contributed by atoms with van der Waals surface area (Å²) in [5.41, 5.74) is -0.560. The number of alkyl halides is 5. The number of nitrogens with one attached hydrogen (secondary N) is 2. The molecule has 0 aliphatic heterocycles. The molecule has 6 nitrogen and oxygen atoms in total. The molecule has 0 aliphatic carbocycles. The summed E-state index contributed by atoms with van der Waals surface area (Å²) in [5.74, 6) is -0.875. The summed E-state index contributed by atoms with van der Waals surface area (Å²) < 4.78 is 66.1. The number of thiazole rings is 1. The van der Waals surface area contributed by atoms with Gasteiger partial charge < -0.3 is 4.74 Å². The number of benzene rings is 1. The van der Waals surface area contributed by atoms with Crippen molar-refractivity contribution >= 4 is 22.4 Å². The largest absolute Gasteiger partial charge is 0.435 e. The predicted molar refractivity (Wildman–Crippen MR) is 85.7 cm³/mol. The summed E-state index contributed by atoms with van der Waals surface area (Å²) in [7, 11) is 0. The molecule has 0 atom stereocenters. The smallest absolute Gasteiger partial charge is 0.432 e. The van der Waals surface area contributed by atoms with Crippen molar-refractivity contribution in [1.82, 2.24) is 15.2 Å². The van der Waals surface area contributed by atoms with E-state index in [0.717, 1.165) is 11.3 Å². The minimum absolute atomic E-state index is 0.0171. The van der Waals surface area contributed by atoms with Crippen molar-refractivity contribution in [3.05, 3.63) is 47.1 Å². The number of anilines is 1. The number of halogens is 5. The number of rotatable bonds is 5. The summed E-state index contributed by atoms with van der Waals surface area (Å²) in [5, 5.41) is 9.14. The van der Waals surface area contributed by atoms with E-state index in [0.29, 0.717) is 17.3 Å². The Kier molecular flexibility index (Phi) is 5.08. The topological polar surface area (TPSA) is 79.9 Å². The maximum Gasteiger partial charge on any atom is 0.432 e. The van der Waals surface area contributed by atoms with E-state index in [1.807, 2.05) is 0 Å². The normalized spacial score (nSPS) is 11.6. The average molecular weight is 404 g/mol. The number of carbonyl (C=O) groups excluding carboxylic acids is 1. The highest BCUT2D eigenvalue weighted by atomic mass is 32.1. The highest BCUT2D eigenvalue weighted by Crippen LogP contribution is 2.29. The molecule has 0 fully saturated rings. The number of hydrogen-bond acceptors (Lipinski definition) is 5. The van der Waals surface area contributed by atoms with Crippen LogP contribution in [0.2, 0.25) is 0 Å². The van der Waals surface area contributed by atoms with Gasteiger partial charge in [-0.05, 0) is 24.3 Å². The van der Waals surface area contributed by atoms with Crippen molar-refractivity contribution in [2.45, 2.75) is 12.8 Å². The van der Waals surface area contributed by atoms with Gasteiger partial charge in [0.2, 0.25) is 0 Å². The van der Waals surface area contributed by atoms with Crippen LogP contribution in [0.1, 0.15) is 16.2 Å². The van der Waals surface area contributed by atoms with Crippen LogP contribution < -0.4 is 10.1 Å². The molecule has 0 radical (unpaired) electrons. The van der Waals surface area contributed by atoms with Crippen molar-refractivity contribution < 1.29 is 31.5 Å². The molecule has 0 aliphatic rings. The van der Waals surface area contributed by atoms with E-state index in [4.69, 9.17) is 0 Å². The number of nitrogens with zero attached hydrogens (tertiary/aromatic N) is 2. The molecule has 3 rings (SSSR count). The first-order valence-electron chi connectivity index (χ1n) is 7.17. The second-order valence-electron chi connectivity index (χ2n) is 5.06. The van der Waals surface area contributed by atoms with Crippen LogP contribution in [0.25, 0.3) is 11.3 Å². The van der Waals surface area contributed by atoms with Crippen LogP contribution in [-0.2, 0) is 6.18 Å². The van der Waals surface area contributed by atoms with Gasteiger partial charge in [-0.3, -0.25) is 15.2 Å². The van der Waals surface area contributed by atoms with Gasteiger partial charge in [0.1, 0.15) is 11.4 Å². The summed E-state index contributed by atoms with van der Waals surface area (Å²) in [4.78, 5) is 16.1. The Balaban J connectivity index is 1.69. The quantitative estimate of drug-likeness (QED) is 0.618. The lowest BCUT2D eigenvalue weighted by Gasteiger charge is -2.04. The molecule has 2 aromatic heterocycles. The van der Waals surface area contributed by atoms with E-state index >= 15 is 0 Å². The number of carbonyl (C=O) groups is 1. The Labute approximate surface area is 152 Å². The van der Waals surface area contributed by atoms with E-state index < -0.39 is 30.1 Å². The fraction of sp³-hybridized carbons (Fsp3) is 0.133. The fourth-order valence-corrected chi connectivity index (χ4v) is 2.73. The van der Waals surface area contributed by atoms with Gasteiger partial charge >= 0.3 is 12.8 Å². The maximum absolute atomic E-state index is 12.5. The molecule has 2 heterocycles. The molecule has 3 aromatic rings. The van der Waals surface area contributed by atoms with Crippen LogP contribution in [0.15, 0.2) is 35.7 Å². The molecule has 12 heteroatoms. The van der Waals surface area contributed by atoms with Crippen LogP contribution >= 0.6 is 11.3 Å². The molecular weight excluding hydrogens is 395 g/mol. The molecule has 142 valence electrons. The Morgan fingerprint density at radius 1 is 1.22 bits per heavy atom. The van der Waals surface area contributed by atoms with Crippen LogP contribution in [0, 0.1) is 0 Å². The number of aromatic nitrogens is 3. The highest BCUT2D eigenvalue weighted by Gasteiger charge is 2.33. The highest BCUT2D eigenvalue weighted by molar-refractivity contribution is 7.14. The Bertz CT molecular complexity index is 936. The number of H-pyrrole nitrogens is 1. The number of aromatic amines is 1. The summed E-state index contributed by atoms with van der Waals surface area (Å²) in [6.45, 7) is -2.93. The molecule has 1 aromatic carbocycles. The van der Waals surface area contributed by atoms with Crippen LogP contribution in [0.4, 0.5) is 27.1 Å². The Morgan fingerprint density at radius 3 is 2.52 bits per heavy atom. The zero-order chi connectivity index (χ0) is 19.6. The van der Waals surface area contributed by atoms with Gasteiger partial charge in [-0.2, -0.15) is 27.1 Å². The number of hydrogen-bond donors (Lipinski definition) is 2. The molecule has 0 spiro atoms. The fourth-order valence-electron chi connectivity index (χ4n) is 2.02. The second kappa shape index (κ2) is 7.31. The van der Waals surface area contributed by atoms with Crippen LogP contribution in [0.5, 0.6) is 5.75 Å². The maximum atomic E-state index is 12.5. The third kappa shape index (κ3) is 4.58. The van der Waals surface area contributed by atoms with Gasteiger partial charge in [-0.1, -0.05) is 0 Å². The summed E-state index contributed by atoms with van der Waals surface area (Å²) >= 11 is 1.04. The summed E-state index contributed by atoms with van der Waals surface area (Å²) in [6, 6.07) is 6.26. The van der Waals surface area contributed by atoms with Crippen molar-refractivity contribution in [1.29, 1.82) is 0 Å². The van der Waals surface area contributed by atoms with Crippen molar-refractivity contribution in [2.75, 3.05) is 5.32 Å². The molecule has 0 saturated heterocycles. The van der Waals surface area contributed by atoms with Gasteiger partial charge in [0.05, 0.1) is 5.69 Å². The number of ether oxygens (including phenoxy) is 1. The van der Waals surface area contributed by atoms with E-state index in [1.165, 1.54) is 24.3 Å². The molecule has 0 bridgehead atoms. The van der Waals surface area contributed by atoms with Gasteiger partial charge in [0.25, 0.3) is 5.91 Å². The van der Waals surface area contributed by atoms with Gasteiger partial charge in [0, 0.05) is 17.0 Å². The summed E-state index contributed by atoms with van der Waals surface area (Å²) in [6.07, 6.45) is -4.64. The average Bonchev–Trinajstić information content (AvgIpc) is 3.24. The molecule has 0 unspecified atom stereocenters. The van der Waals surface area contributed by atoms with Crippen molar-refractivity contribution in [3.8, 4) is 17.0 Å². The first kappa shape index (κ1) is 18.8. The van der Waals surface area contributed by atoms with Gasteiger partial charge in [-0.15, -0.1) is 11.3 Å². The Hall–Kier alpha value is -3.02. The zero-order valence-corrected chi connectivity index (χ0v) is 13.9. The van der Waals surface area contributed by atoms with E-state index in [9.17, 15) is 26.7 Å². The first-order valence-corrected chi connectivity index (χ1v) is 8.05. The lowest BCUT2D eigenvalue weighted by Crippen LogP contribution is -2.12. The molecule has 27 heavy (non-hydrogen) atoms. The molecule has 0 saturated carbocycles. The third-order valence-electron chi connectivity index (χ3n) is 3.22. The van der Waals surface area contributed by atoms with Crippen molar-refractivity contribution in [2.24, 2.45) is 0 Å². The lowest BCUT2D eigenvalue weighted by molar-refractivity contribution is -0.141. The lowest BCUT2D eigenvalue weighted by atomic mass is 10.2. The minimum Gasteiger partial charge on any atom is -0.435 e. The van der Waals surface area contributed by atoms with Gasteiger partial charge in [-0.25, -0.2) is 4.98 Å². The van der Waals surface area contributed by atoms with E-state index in [1.54, 1.807) is 10.5 Å². The third-order valence-corrected chi connectivity index (χ3v) is 3.97. The van der Waals surface area contributed by atoms with Crippen LogP contribution in [-0.4, -0.2) is 27.7 Å². The first-order chi connectivity index (χ1) is 12.7. The number of amides is 1. The SMILES string of the molecule is O=C(Nc1nc(-c2ccc(OC(F)F)cc2)cs1)c1cc(C(F)(F)F)[nH]n1. The molecule has 2 N–H and O–H groups in total. The van der Waals surface area contributed by atoms with E-state index in [-0.39, 0.29) is 10.9 Å². The molecular formula is C15H9F5N4O2S. The second-order valence-corrected chi connectivity index (χ2v) is 5.92. The van der Waals surface area contributed by atoms with Gasteiger partial charge in [0.15, 0.2) is 10.8 Å². The molecule has 1 amide bonds. The monoisotopic (exact) mass is 404 g/mol. The van der Waals surface area contributed by atoms with Crippen molar-refractivity contribution in [3.63, 3.8) is 0 Å². The minimum atomic E-state index is -4.64. The standard InChI is InChI=1S/C15H9F5N4O2S/c16-13(17)26-8-3-1-7(2-4-8)10-6-27-14(21-10)22-12(25)9-5-11(24-23-9)15(18,19)20/h1-6,13H,(H,23,24)(H,21,22,25). The predicted octanol–water partition coefficient (Wildman–Crippen LogP) is 4.41. The zero-order valence-electron chi connectivity index (χ0n) is 13.1.